The Kier molecular flexibility index (Phi) is 7.95. The minimum atomic E-state index is -0.382. The Morgan fingerprint density at radius 2 is 2.19 bits per heavy atom. The lowest BCUT2D eigenvalue weighted by molar-refractivity contribution is -0.125. The molecule has 0 aliphatic heterocycles. The molecule has 2 N–H and O–H groups in total. The lowest BCUT2D eigenvalue weighted by Gasteiger charge is -2.10. The number of carbonyl (C=O) groups is 1. The molecule has 0 rings (SSSR count). The predicted molar refractivity (Wildman–Crippen MR) is 67.2 cm³/mol. The molecule has 0 aromatic rings. The Bertz CT molecular complexity index is 281. The molecule has 0 aromatic carbocycles. The Morgan fingerprint density at radius 1 is 1.56 bits per heavy atom. The number of rotatable bonds is 6. The second-order valence-corrected chi connectivity index (χ2v) is 4.24. The third-order valence-corrected chi connectivity index (χ3v) is 2.41. The third-order valence-electron chi connectivity index (χ3n) is 2.17. The molecule has 0 fully saturated rings. The van der Waals surface area contributed by atoms with E-state index >= 15 is 0 Å². The van der Waals surface area contributed by atoms with Gasteiger partial charge in [0.15, 0.2) is 0 Å². The summed E-state index contributed by atoms with van der Waals surface area (Å²) in [6.45, 7) is 5.75. The van der Waals surface area contributed by atoms with E-state index in [1.54, 1.807) is 13.8 Å². The standard InChI is InChI=1S/C12H20ClNO2/c1-4-5-6-11(10(3)13)7-14-12(16)9(2)8-15/h5-6,9,15H,4,7-8H2,1-3H3,(H,14,16)/b6-5-,11-10-. The van der Waals surface area contributed by atoms with Gasteiger partial charge in [0.05, 0.1) is 12.5 Å². The molecule has 16 heavy (non-hydrogen) atoms. The van der Waals surface area contributed by atoms with Gasteiger partial charge in [-0.3, -0.25) is 4.79 Å². The molecule has 92 valence electrons. The van der Waals surface area contributed by atoms with Crippen molar-refractivity contribution in [3.8, 4) is 0 Å². The highest BCUT2D eigenvalue weighted by Crippen LogP contribution is 2.09. The van der Waals surface area contributed by atoms with Crippen LogP contribution in [-0.4, -0.2) is 24.2 Å². The van der Waals surface area contributed by atoms with Crippen LogP contribution in [0.2, 0.25) is 0 Å². The topological polar surface area (TPSA) is 49.3 Å². The first kappa shape index (κ1) is 15.2. The number of carbonyl (C=O) groups excluding carboxylic acids is 1. The summed E-state index contributed by atoms with van der Waals surface area (Å²) >= 11 is 5.90. The minimum absolute atomic E-state index is 0.143. The number of allylic oxidation sites excluding steroid dienone is 2. The first-order chi connectivity index (χ1) is 7.52. The summed E-state index contributed by atoms with van der Waals surface area (Å²) in [5.74, 6) is -0.546. The molecule has 0 aliphatic carbocycles. The molecule has 1 atom stereocenters. The van der Waals surface area contributed by atoms with Crippen molar-refractivity contribution in [3.05, 3.63) is 22.8 Å². The molecule has 4 heteroatoms. The molecule has 0 saturated heterocycles. The monoisotopic (exact) mass is 245 g/mol. The first-order valence-electron chi connectivity index (χ1n) is 5.43. The van der Waals surface area contributed by atoms with Crippen LogP contribution in [0.15, 0.2) is 22.8 Å². The molecule has 0 heterocycles. The zero-order chi connectivity index (χ0) is 12.6. The van der Waals surface area contributed by atoms with Crippen molar-refractivity contribution in [3.63, 3.8) is 0 Å². The fourth-order valence-corrected chi connectivity index (χ4v) is 1.12. The van der Waals surface area contributed by atoms with E-state index in [4.69, 9.17) is 16.7 Å². The smallest absolute Gasteiger partial charge is 0.225 e. The number of hydrogen-bond donors (Lipinski definition) is 2. The summed E-state index contributed by atoms with van der Waals surface area (Å²) in [6, 6.07) is 0. The van der Waals surface area contributed by atoms with Gasteiger partial charge in [-0.2, -0.15) is 0 Å². The van der Waals surface area contributed by atoms with Gasteiger partial charge >= 0.3 is 0 Å². The van der Waals surface area contributed by atoms with E-state index in [0.29, 0.717) is 11.6 Å². The maximum atomic E-state index is 11.4. The van der Waals surface area contributed by atoms with E-state index in [0.717, 1.165) is 12.0 Å². The van der Waals surface area contributed by atoms with Crippen LogP contribution in [0.5, 0.6) is 0 Å². The van der Waals surface area contributed by atoms with Crippen LogP contribution in [0, 0.1) is 5.92 Å². The maximum absolute atomic E-state index is 11.4. The van der Waals surface area contributed by atoms with Crippen molar-refractivity contribution >= 4 is 17.5 Å². The normalized spacial score (nSPS) is 14.8. The molecule has 0 saturated carbocycles. The number of halogens is 1. The van der Waals surface area contributed by atoms with E-state index < -0.39 is 0 Å². The lowest BCUT2D eigenvalue weighted by atomic mass is 10.1. The molecule has 0 bridgehead atoms. The van der Waals surface area contributed by atoms with Crippen LogP contribution in [0.1, 0.15) is 27.2 Å². The van der Waals surface area contributed by atoms with E-state index in [-0.39, 0.29) is 18.4 Å². The summed E-state index contributed by atoms with van der Waals surface area (Å²) in [4.78, 5) is 11.4. The summed E-state index contributed by atoms with van der Waals surface area (Å²) in [5, 5.41) is 12.2. The second-order valence-electron chi connectivity index (χ2n) is 3.67. The van der Waals surface area contributed by atoms with Gasteiger partial charge in [-0.05, 0) is 18.9 Å². The van der Waals surface area contributed by atoms with Crippen molar-refractivity contribution in [1.82, 2.24) is 5.32 Å². The molecule has 3 nitrogen and oxygen atoms in total. The van der Waals surface area contributed by atoms with Gasteiger partial charge in [0.25, 0.3) is 0 Å². The Morgan fingerprint density at radius 3 is 2.62 bits per heavy atom. The zero-order valence-electron chi connectivity index (χ0n) is 10.1. The Labute approximate surface area is 102 Å². The average molecular weight is 246 g/mol. The van der Waals surface area contributed by atoms with Gasteiger partial charge in [-0.15, -0.1) is 0 Å². The molecule has 0 spiro atoms. The number of aliphatic hydroxyl groups is 1. The Balaban J connectivity index is 4.30. The minimum Gasteiger partial charge on any atom is -0.396 e. The fraction of sp³-hybridized carbons (Fsp3) is 0.583. The zero-order valence-corrected chi connectivity index (χ0v) is 10.8. The highest BCUT2D eigenvalue weighted by atomic mass is 35.5. The molecule has 0 radical (unpaired) electrons. The number of amides is 1. The summed E-state index contributed by atoms with van der Waals surface area (Å²) in [6.07, 6.45) is 4.82. The van der Waals surface area contributed by atoms with Gasteiger partial charge in [0, 0.05) is 11.6 Å². The van der Waals surface area contributed by atoms with E-state index in [1.807, 2.05) is 19.1 Å². The Hall–Kier alpha value is -0.800. The van der Waals surface area contributed by atoms with E-state index in [9.17, 15) is 4.79 Å². The fourth-order valence-electron chi connectivity index (χ4n) is 0.995. The van der Waals surface area contributed by atoms with Gasteiger partial charge in [0.2, 0.25) is 5.91 Å². The van der Waals surface area contributed by atoms with Gasteiger partial charge in [0.1, 0.15) is 0 Å². The largest absolute Gasteiger partial charge is 0.396 e. The molecule has 0 aromatic heterocycles. The highest BCUT2D eigenvalue weighted by molar-refractivity contribution is 6.29. The number of nitrogens with one attached hydrogen (secondary N) is 1. The van der Waals surface area contributed by atoms with Gasteiger partial charge in [-0.1, -0.05) is 37.6 Å². The first-order valence-corrected chi connectivity index (χ1v) is 5.81. The van der Waals surface area contributed by atoms with Crippen LogP contribution in [0.3, 0.4) is 0 Å². The quantitative estimate of drug-likeness (QED) is 0.705. The summed E-state index contributed by atoms with van der Waals surface area (Å²) in [7, 11) is 0. The predicted octanol–water partition coefficient (Wildman–Crippen LogP) is 2.21. The highest BCUT2D eigenvalue weighted by Gasteiger charge is 2.10. The van der Waals surface area contributed by atoms with E-state index in [1.165, 1.54) is 0 Å². The van der Waals surface area contributed by atoms with Crippen LogP contribution in [-0.2, 0) is 4.79 Å². The van der Waals surface area contributed by atoms with Crippen LogP contribution < -0.4 is 5.32 Å². The maximum Gasteiger partial charge on any atom is 0.225 e. The van der Waals surface area contributed by atoms with Crippen molar-refractivity contribution in [2.24, 2.45) is 5.92 Å². The van der Waals surface area contributed by atoms with Crippen LogP contribution in [0.4, 0.5) is 0 Å². The molecular formula is C12H20ClNO2. The van der Waals surface area contributed by atoms with Crippen molar-refractivity contribution in [2.75, 3.05) is 13.2 Å². The summed E-state index contributed by atoms with van der Waals surface area (Å²) in [5.41, 5.74) is 0.891. The van der Waals surface area contributed by atoms with Crippen molar-refractivity contribution in [2.45, 2.75) is 27.2 Å². The van der Waals surface area contributed by atoms with Crippen molar-refractivity contribution in [1.29, 1.82) is 0 Å². The van der Waals surface area contributed by atoms with Crippen LogP contribution >= 0.6 is 11.6 Å². The molecule has 1 amide bonds. The molecular weight excluding hydrogens is 226 g/mol. The number of hydrogen-bond acceptors (Lipinski definition) is 2. The lowest BCUT2D eigenvalue weighted by Crippen LogP contribution is -2.32. The van der Waals surface area contributed by atoms with Crippen LogP contribution in [0.25, 0.3) is 0 Å². The summed E-state index contributed by atoms with van der Waals surface area (Å²) < 4.78 is 0. The van der Waals surface area contributed by atoms with Crippen molar-refractivity contribution < 1.29 is 9.90 Å². The SMILES string of the molecule is CC/C=C\C(CNC(=O)C(C)CO)=C(/C)Cl. The average Bonchev–Trinajstić information content (AvgIpc) is 2.27. The third kappa shape index (κ3) is 5.93. The second kappa shape index (κ2) is 8.36. The molecule has 0 aliphatic rings. The van der Waals surface area contributed by atoms with Gasteiger partial charge < -0.3 is 10.4 Å². The molecule has 1 unspecified atom stereocenters. The number of aliphatic hydroxyl groups excluding tert-OH is 1. The van der Waals surface area contributed by atoms with E-state index in [2.05, 4.69) is 5.32 Å². The van der Waals surface area contributed by atoms with Gasteiger partial charge in [-0.25, -0.2) is 0 Å².